The first kappa shape index (κ1) is 47.4. The number of aliphatic hydroxyl groups excluding tert-OH is 1. The van der Waals surface area contributed by atoms with E-state index in [0.29, 0.717) is 76.2 Å². The number of methoxy groups -OCH3 is 3. The molecule has 13 nitrogen and oxygen atoms in total. The van der Waals surface area contributed by atoms with Crippen LogP contribution in [-0.4, -0.2) is 112 Å². The van der Waals surface area contributed by atoms with E-state index >= 15 is 0 Å². The normalized spacial score (nSPS) is 25.4. The Balaban J connectivity index is 0.00000388. The third-order valence-electron chi connectivity index (χ3n) is 8.83. The number of allylic oxidation sites excluding steroid dienone is 4. The highest BCUT2D eigenvalue weighted by molar-refractivity contribution is 6.23. The average Bonchev–Trinajstić information content (AvgIpc) is 3.10. The molecule has 0 aromatic carbocycles. The van der Waals surface area contributed by atoms with E-state index in [4.69, 9.17) is 24.1 Å². The molecule has 1 heterocycles. The smallest absolute Gasteiger partial charge is 0.402 e. The quantitative estimate of drug-likeness (QED) is 0.151. The van der Waals surface area contributed by atoms with Crippen molar-refractivity contribution < 1.29 is 43.6 Å². The van der Waals surface area contributed by atoms with Crippen molar-refractivity contribution in [3.63, 3.8) is 0 Å². The van der Waals surface area contributed by atoms with Gasteiger partial charge >= 0.3 is 6.09 Å². The fraction of sp³-hybridized carbons (Fsp3) is 0.632. The molecule has 6 N–H and O–H groups in total. The maximum atomic E-state index is 13.8. The number of aliphatic hydroxyl groups is 1. The molecule has 2 amide bonds. The molecule has 290 valence electrons. The lowest BCUT2D eigenvalue weighted by Gasteiger charge is -2.26. The van der Waals surface area contributed by atoms with Gasteiger partial charge in [0, 0.05) is 70.6 Å². The van der Waals surface area contributed by atoms with Crippen LogP contribution >= 0.6 is 0 Å². The summed E-state index contributed by atoms with van der Waals surface area (Å²) in [7, 11) is 4.95. The second-order valence-electron chi connectivity index (χ2n) is 12.6. The van der Waals surface area contributed by atoms with Crippen LogP contribution < -0.4 is 16.4 Å². The lowest BCUT2D eigenvalue weighted by atomic mass is 9.84. The third kappa shape index (κ3) is 17.9. The molecule has 2 bridgehead atoms. The molecule has 13 heteroatoms. The SMILES string of the molecule is CC.COCCN(CCNC1=C2CC(C)CCC(O)C(C)/C(C)=C(\C)CC(OC)/C=C\C=C(/C)C(=O)NC(=CC1=O)C2=O)CCOC.NC(=O)O. The highest BCUT2D eigenvalue weighted by Crippen LogP contribution is 2.29. The van der Waals surface area contributed by atoms with Crippen LogP contribution in [0.25, 0.3) is 0 Å². The van der Waals surface area contributed by atoms with Gasteiger partial charge in [-0.3, -0.25) is 19.3 Å². The van der Waals surface area contributed by atoms with E-state index in [1.807, 2.05) is 33.8 Å². The molecule has 1 aliphatic carbocycles. The number of hydrogen-bond acceptors (Lipinski definition) is 10. The Morgan fingerprint density at radius 1 is 1.00 bits per heavy atom. The number of ketones is 2. The van der Waals surface area contributed by atoms with Crippen LogP contribution in [0.5, 0.6) is 0 Å². The largest absolute Gasteiger partial charge is 0.465 e. The molecule has 51 heavy (non-hydrogen) atoms. The summed E-state index contributed by atoms with van der Waals surface area (Å²) >= 11 is 0. The molecule has 2 aliphatic rings. The Morgan fingerprint density at radius 2 is 1.59 bits per heavy atom. The van der Waals surface area contributed by atoms with Crippen molar-refractivity contribution in [3.8, 4) is 0 Å². The zero-order valence-electron chi connectivity index (χ0n) is 32.5. The minimum absolute atomic E-state index is 0.00141. The number of carbonyl (C=O) groups excluding carboxylic acids is 3. The molecule has 0 aromatic rings. The minimum atomic E-state index is -1.33. The van der Waals surface area contributed by atoms with Gasteiger partial charge in [-0.05, 0) is 52.4 Å². The predicted molar refractivity (Wildman–Crippen MR) is 200 cm³/mol. The Hall–Kier alpha value is -3.62. The first-order valence-electron chi connectivity index (χ1n) is 17.7. The van der Waals surface area contributed by atoms with Crippen molar-refractivity contribution in [3.05, 3.63) is 58.0 Å². The van der Waals surface area contributed by atoms with Crippen molar-refractivity contribution in [1.82, 2.24) is 15.5 Å². The molecule has 0 spiro atoms. The van der Waals surface area contributed by atoms with Crippen molar-refractivity contribution in [1.29, 1.82) is 0 Å². The lowest BCUT2D eigenvalue weighted by Crippen LogP contribution is -2.40. The van der Waals surface area contributed by atoms with Crippen molar-refractivity contribution in [2.75, 3.05) is 60.7 Å². The lowest BCUT2D eigenvalue weighted by molar-refractivity contribution is -0.120. The van der Waals surface area contributed by atoms with Gasteiger partial charge in [-0.25, -0.2) is 4.79 Å². The van der Waals surface area contributed by atoms with Gasteiger partial charge in [0.1, 0.15) is 0 Å². The Bertz CT molecular complexity index is 1270. The fourth-order valence-electron chi connectivity index (χ4n) is 5.44. The molecule has 0 radical (unpaired) electrons. The highest BCUT2D eigenvalue weighted by atomic mass is 16.5. The van der Waals surface area contributed by atoms with Crippen LogP contribution in [-0.2, 0) is 28.6 Å². The average molecular weight is 721 g/mol. The summed E-state index contributed by atoms with van der Waals surface area (Å²) in [5.74, 6) is -1.24. The first-order chi connectivity index (χ1) is 24.2. The number of carboxylic acid groups (broad SMARTS) is 1. The monoisotopic (exact) mass is 720 g/mol. The van der Waals surface area contributed by atoms with E-state index in [-0.39, 0.29) is 40.9 Å². The van der Waals surface area contributed by atoms with Crippen LogP contribution in [0.1, 0.15) is 74.1 Å². The number of rotatable bonds is 11. The number of primary amides is 1. The molecule has 1 aliphatic heterocycles. The van der Waals surface area contributed by atoms with E-state index < -0.39 is 18.1 Å². The zero-order valence-corrected chi connectivity index (χ0v) is 32.5. The maximum absolute atomic E-state index is 13.8. The highest BCUT2D eigenvalue weighted by Gasteiger charge is 2.31. The van der Waals surface area contributed by atoms with Crippen molar-refractivity contribution in [2.45, 2.75) is 86.4 Å². The number of ether oxygens (including phenoxy) is 3. The van der Waals surface area contributed by atoms with Crippen molar-refractivity contribution in [2.24, 2.45) is 17.6 Å². The number of fused-ring (bicyclic) bond motifs is 2. The van der Waals surface area contributed by atoms with E-state index in [9.17, 15) is 19.5 Å². The zero-order chi connectivity index (χ0) is 39.1. The summed E-state index contributed by atoms with van der Waals surface area (Å²) in [5.41, 5.74) is 7.26. The number of hydrogen-bond donors (Lipinski definition) is 5. The standard InChI is InChI=1S/C35H55N3O7.C2H6.CH3NO2/c1-23-12-13-31(39)27(5)26(4)25(3)21-28(45-8)11-9-10-24(2)35(42)37-30-22-32(40)33(29(20-23)34(30)41)36-14-15-38(16-18-43-6)17-19-44-7;1-2;2-1(3)4/h9-11,22-23,27-28,31,36,39H,12-21H2,1-8H3,(H,37,42);1-2H3;2H2,(H,3,4)/b11-9-,24-10+,26-25+;;. The van der Waals surface area contributed by atoms with Gasteiger partial charge < -0.3 is 40.8 Å². The molecule has 0 aromatic heterocycles. The minimum Gasteiger partial charge on any atom is -0.465 e. The number of nitrogens with two attached hydrogens (primary N) is 1. The van der Waals surface area contributed by atoms with E-state index in [1.165, 1.54) is 6.08 Å². The second kappa shape index (κ2) is 26.2. The Morgan fingerprint density at radius 3 is 2.14 bits per heavy atom. The van der Waals surface area contributed by atoms with Crippen LogP contribution in [0.2, 0.25) is 0 Å². The summed E-state index contributed by atoms with van der Waals surface area (Å²) in [6.45, 7) is 17.4. The summed E-state index contributed by atoms with van der Waals surface area (Å²) < 4.78 is 16.1. The summed E-state index contributed by atoms with van der Waals surface area (Å²) in [6.07, 6.45) is 6.62. The van der Waals surface area contributed by atoms with Gasteiger partial charge in [-0.1, -0.05) is 57.1 Å². The number of carbonyl (C=O) groups is 4. The molecule has 4 atom stereocenters. The van der Waals surface area contributed by atoms with E-state index in [2.05, 4.69) is 35.1 Å². The van der Waals surface area contributed by atoms with Gasteiger partial charge in [0.05, 0.1) is 36.8 Å². The molecular weight excluding hydrogens is 656 g/mol. The Kier molecular flexibility index (Phi) is 24.3. The van der Waals surface area contributed by atoms with Crippen LogP contribution in [0.15, 0.2) is 58.0 Å². The number of nitrogens with one attached hydrogen (secondary N) is 2. The van der Waals surface area contributed by atoms with Gasteiger partial charge in [-0.2, -0.15) is 0 Å². The topological polar surface area (TPSA) is 190 Å². The molecule has 2 rings (SSSR count). The third-order valence-corrected chi connectivity index (χ3v) is 8.83. The molecule has 0 fully saturated rings. The van der Waals surface area contributed by atoms with E-state index in [0.717, 1.165) is 11.1 Å². The number of amides is 2. The predicted octanol–water partition coefficient (Wildman–Crippen LogP) is 4.29. The number of nitrogens with zero attached hydrogens (tertiary/aromatic N) is 1. The maximum Gasteiger partial charge on any atom is 0.402 e. The molecule has 4 unspecified atom stereocenters. The molecule has 0 saturated carbocycles. The summed E-state index contributed by atoms with van der Waals surface area (Å²) in [5, 5.41) is 24.2. The van der Waals surface area contributed by atoms with Crippen molar-refractivity contribution >= 4 is 23.6 Å². The van der Waals surface area contributed by atoms with Gasteiger partial charge in [0.2, 0.25) is 11.6 Å². The van der Waals surface area contributed by atoms with Crippen LogP contribution in [0, 0.1) is 11.8 Å². The van der Waals surface area contributed by atoms with Gasteiger partial charge in [-0.15, -0.1) is 0 Å². The summed E-state index contributed by atoms with van der Waals surface area (Å²) in [6, 6.07) is 0. The van der Waals surface area contributed by atoms with Crippen LogP contribution in [0.3, 0.4) is 0 Å². The second-order valence-corrected chi connectivity index (χ2v) is 12.6. The first-order valence-corrected chi connectivity index (χ1v) is 17.7. The van der Waals surface area contributed by atoms with Gasteiger partial charge in [0.15, 0.2) is 0 Å². The Labute approximate surface area is 305 Å². The summed E-state index contributed by atoms with van der Waals surface area (Å²) in [4.78, 5) is 51.2. The van der Waals surface area contributed by atoms with Crippen LogP contribution in [0.4, 0.5) is 4.79 Å². The number of Topliss-reactive ketones (excluding diaryl/α,β-unsaturated/α-hetero) is 1. The molecule has 0 saturated heterocycles. The molecular formula is C38H64N4O9. The fourth-order valence-corrected chi connectivity index (χ4v) is 5.44. The van der Waals surface area contributed by atoms with E-state index in [1.54, 1.807) is 40.4 Å². The van der Waals surface area contributed by atoms with Gasteiger partial charge in [0.25, 0.3) is 5.91 Å².